The van der Waals surface area contributed by atoms with Gasteiger partial charge in [0.15, 0.2) is 0 Å². The van der Waals surface area contributed by atoms with Crippen LogP contribution in [0.2, 0.25) is 0 Å². The molecule has 0 aliphatic carbocycles. The molecule has 54 valence electrons. The second-order valence-corrected chi connectivity index (χ2v) is 1.98. The van der Waals surface area contributed by atoms with Crippen LogP contribution >= 0.6 is 0 Å². The number of hydrogen-bond acceptors (Lipinski definition) is 2. The summed E-state index contributed by atoms with van der Waals surface area (Å²) in [6, 6.07) is 0. The standard InChI is InChI=1S/C6H13NO2/c1-4-6(2)9-7(3)5-8/h5-6H,4H2,1-3H3. The molecular weight excluding hydrogens is 118 g/mol. The largest absolute Gasteiger partial charge is 0.276 e. The average molecular weight is 131 g/mol. The van der Waals surface area contributed by atoms with E-state index < -0.39 is 0 Å². The minimum atomic E-state index is 0.125. The zero-order chi connectivity index (χ0) is 7.28. The molecule has 0 aliphatic heterocycles. The predicted molar refractivity (Wildman–Crippen MR) is 34.7 cm³/mol. The molecule has 0 bridgehead atoms. The van der Waals surface area contributed by atoms with E-state index in [2.05, 4.69) is 0 Å². The Morgan fingerprint density at radius 3 is 2.67 bits per heavy atom. The maximum absolute atomic E-state index is 9.96. The van der Waals surface area contributed by atoms with Crippen molar-refractivity contribution in [1.82, 2.24) is 5.06 Å². The third-order valence-corrected chi connectivity index (χ3v) is 1.07. The van der Waals surface area contributed by atoms with Crippen LogP contribution in [0.4, 0.5) is 0 Å². The van der Waals surface area contributed by atoms with Crippen molar-refractivity contribution in [1.29, 1.82) is 0 Å². The molecule has 0 spiro atoms. The van der Waals surface area contributed by atoms with Gasteiger partial charge in [0.25, 0.3) is 0 Å². The molecule has 9 heavy (non-hydrogen) atoms. The van der Waals surface area contributed by atoms with Crippen molar-refractivity contribution in [3.05, 3.63) is 0 Å². The molecule has 1 unspecified atom stereocenters. The Morgan fingerprint density at radius 1 is 1.78 bits per heavy atom. The van der Waals surface area contributed by atoms with Crippen LogP contribution in [0.5, 0.6) is 0 Å². The monoisotopic (exact) mass is 131 g/mol. The summed E-state index contributed by atoms with van der Waals surface area (Å²) in [5, 5.41) is 1.17. The van der Waals surface area contributed by atoms with E-state index in [4.69, 9.17) is 4.84 Å². The van der Waals surface area contributed by atoms with Gasteiger partial charge in [0.1, 0.15) is 0 Å². The van der Waals surface area contributed by atoms with Crippen LogP contribution in [-0.2, 0) is 9.63 Å². The summed E-state index contributed by atoms with van der Waals surface area (Å²) in [4.78, 5) is 15.0. The van der Waals surface area contributed by atoms with Gasteiger partial charge in [-0.1, -0.05) is 6.92 Å². The van der Waals surface area contributed by atoms with Crippen LogP contribution in [0.15, 0.2) is 0 Å². The lowest BCUT2D eigenvalue weighted by atomic mass is 10.3. The van der Waals surface area contributed by atoms with Gasteiger partial charge >= 0.3 is 0 Å². The van der Waals surface area contributed by atoms with Crippen molar-refractivity contribution >= 4 is 6.41 Å². The molecule has 0 aromatic rings. The highest BCUT2D eigenvalue weighted by Crippen LogP contribution is 1.95. The normalized spacial score (nSPS) is 12.8. The number of carbonyl (C=O) groups is 1. The molecular formula is C6H13NO2. The van der Waals surface area contributed by atoms with E-state index in [0.29, 0.717) is 6.41 Å². The van der Waals surface area contributed by atoms with E-state index in [1.54, 1.807) is 7.05 Å². The zero-order valence-electron chi connectivity index (χ0n) is 6.13. The lowest BCUT2D eigenvalue weighted by Crippen LogP contribution is -2.22. The fraction of sp³-hybridized carbons (Fsp3) is 0.833. The van der Waals surface area contributed by atoms with Crippen molar-refractivity contribution in [2.45, 2.75) is 26.4 Å². The molecule has 0 N–H and O–H groups in total. The Balaban J connectivity index is 3.33. The quantitative estimate of drug-likeness (QED) is 0.417. The molecule has 0 fully saturated rings. The second kappa shape index (κ2) is 4.32. The smallest absolute Gasteiger partial charge is 0.233 e. The molecule has 3 nitrogen and oxygen atoms in total. The maximum Gasteiger partial charge on any atom is 0.233 e. The van der Waals surface area contributed by atoms with E-state index in [1.165, 1.54) is 5.06 Å². The highest BCUT2D eigenvalue weighted by Gasteiger charge is 2.00. The molecule has 0 rings (SSSR count). The minimum absolute atomic E-state index is 0.125. The van der Waals surface area contributed by atoms with Crippen LogP contribution in [0.1, 0.15) is 20.3 Å². The van der Waals surface area contributed by atoms with E-state index in [0.717, 1.165) is 6.42 Å². The first-order chi connectivity index (χ1) is 4.20. The predicted octanol–water partition coefficient (Wildman–Crippen LogP) is 0.805. The molecule has 1 atom stereocenters. The molecule has 0 radical (unpaired) electrons. The van der Waals surface area contributed by atoms with Crippen LogP contribution in [0, 0.1) is 0 Å². The maximum atomic E-state index is 9.96. The number of nitrogens with zero attached hydrogens (tertiary/aromatic N) is 1. The summed E-state index contributed by atoms with van der Waals surface area (Å²) in [5.74, 6) is 0. The third-order valence-electron chi connectivity index (χ3n) is 1.07. The topological polar surface area (TPSA) is 29.5 Å². The number of hydrogen-bond donors (Lipinski definition) is 0. The molecule has 0 aliphatic rings. The summed E-state index contributed by atoms with van der Waals surface area (Å²) < 4.78 is 0. The van der Waals surface area contributed by atoms with E-state index >= 15 is 0 Å². The van der Waals surface area contributed by atoms with E-state index in [1.807, 2.05) is 13.8 Å². The molecule has 0 saturated heterocycles. The Bertz CT molecular complexity index is 85.1. The highest BCUT2D eigenvalue weighted by molar-refractivity contribution is 5.44. The minimum Gasteiger partial charge on any atom is -0.276 e. The average Bonchev–Trinajstić information content (AvgIpc) is 1.87. The number of hydroxylamine groups is 2. The fourth-order valence-electron chi connectivity index (χ4n) is 0.383. The summed E-state index contributed by atoms with van der Waals surface area (Å²) in [7, 11) is 1.58. The SMILES string of the molecule is CCC(C)ON(C)C=O. The van der Waals surface area contributed by atoms with Crippen molar-refractivity contribution in [2.24, 2.45) is 0 Å². The summed E-state index contributed by atoms with van der Waals surface area (Å²) in [5.41, 5.74) is 0. The lowest BCUT2D eigenvalue weighted by molar-refractivity contribution is -0.180. The van der Waals surface area contributed by atoms with Crippen molar-refractivity contribution in [3.63, 3.8) is 0 Å². The van der Waals surface area contributed by atoms with Crippen LogP contribution < -0.4 is 0 Å². The molecule has 3 heteroatoms. The van der Waals surface area contributed by atoms with Gasteiger partial charge in [0.05, 0.1) is 6.10 Å². The molecule has 1 amide bonds. The van der Waals surface area contributed by atoms with E-state index in [-0.39, 0.29) is 6.10 Å². The van der Waals surface area contributed by atoms with Gasteiger partial charge in [-0.15, -0.1) is 0 Å². The van der Waals surface area contributed by atoms with Gasteiger partial charge in [-0.25, -0.2) is 5.06 Å². The number of carbonyl (C=O) groups excluding carboxylic acids is 1. The molecule has 0 aromatic heterocycles. The molecule has 0 saturated carbocycles. The van der Waals surface area contributed by atoms with Crippen LogP contribution in [0.25, 0.3) is 0 Å². The Labute approximate surface area is 55.6 Å². The fourth-order valence-corrected chi connectivity index (χ4v) is 0.383. The summed E-state index contributed by atoms with van der Waals surface area (Å²) >= 11 is 0. The number of amides is 1. The summed E-state index contributed by atoms with van der Waals surface area (Å²) in [6.07, 6.45) is 1.69. The van der Waals surface area contributed by atoms with Crippen molar-refractivity contribution in [3.8, 4) is 0 Å². The van der Waals surface area contributed by atoms with E-state index in [9.17, 15) is 4.79 Å². The zero-order valence-corrected chi connectivity index (χ0v) is 6.13. The van der Waals surface area contributed by atoms with Gasteiger partial charge in [-0.3, -0.25) is 9.63 Å². The lowest BCUT2D eigenvalue weighted by Gasteiger charge is -2.15. The molecule has 0 heterocycles. The van der Waals surface area contributed by atoms with Crippen LogP contribution in [-0.4, -0.2) is 24.6 Å². The Morgan fingerprint density at radius 2 is 2.33 bits per heavy atom. The Hall–Kier alpha value is -0.570. The highest BCUT2D eigenvalue weighted by atomic mass is 16.7. The van der Waals surface area contributed by atoms with Gasteiger partial charge in [0.2, 0.25) is 6.41 Å². The van der Waals surface area contributed by atoms with Crippen molar-refractivity contribution in [2.75, 3.05) is 7.05 Å². The Kier molecular flexibility index (Phi) is 4.05. The van der Waals surface area contributed by atoms with Crippen molar-refractivity contribution < 1.29 is 9.63 Å². The first kappa shape index (κ1) is 8.43. The summed E-state index contributed by atoms with van der Waals surface area (Å²) in [6.45, 7) is 3.92. The van der Waals surface area contributed by atoms with Gasteiger partial charge in [0, 0.05) is 7.05 Å². The van der Waals surface area contributed by atoms with Gasteiger partial charge in [-0.2, -0.15) is 0 Å². The van der Waals surface area contributed by atoms with Crippen LogP contribution in [0.3, 0.4) is 0 Å². The van der Waals surface area contributed by atoms with Gasteiger partial charge in [-0.05, 0) is 13.3 Å². The third kappa shape index (κ3) is 3.97. The first-order valence-electron chi connectivity index (χ1n) is 3.05. The first-order valence-corrected chi connectivity index (χ1v) is 3.05. The second-order valence-electron chi connectivity index (χ2n) is 1.98. The number of rotatable bonds is 4. The van der Waals surface area contributed by atoms with Gasteiger partial charge < -0.3 is 0 Å². The molecule has 0 aromatic carbocycles.